The molecule has 0 aliphatic carbocycles. The molecule has 0 saturated carbocycles. The van der Waals surface area contributed by atoms with Gasteiger partial charge in [0.25, 0.3) is 5.56 Å². The number of hydrogen-bond donors (Lipinski definition) is 0. The number of aldehydes is 1. The number of fused-ring (bicyclic) bond motifs is 1. The largest absolute Gasteiger partial charge is 0.493 e. The number of hydrogen-bond acceptors (Lipinski definition) is 5. The Bertz CT molecular complexity index is 691. The molecule has 0 amide bonds. The first-order chi connectivity index (χ1) is 9.12. The Balaban J connectivity index is 2.83. The highest BCUT2D eigenvalue weighted by Gasteiger charge is 2.13. The van der Waals surface area contributed by atoms with Crippen LogP contribution in [0.2, 0.25) is 0 Å². The van der Waals surface area contributed by atoms with Gasteiger partial charge in [0.05, 0.1) is 25.3 Å². The van der Waals surface area contributed by atoms with Gasteiger partial charge in [-0.3, -0.25) is 4.79 Å². The molecular weight excluding hydrogens is 248 g/mol. The number of carbonyl (C=O) groups excluding carboxylic acids is 1. The molecule has 0 saturated heterocycles. The molecule has 6 heteroatoms. The van der Waals surface area contributed by atoms with Crippen LogP contribution >= 0.6 is 0 Å². The summed E-state index contributed by atoms with van der Waals surface area (Å²) in [4.78, 5) is 22.7. The molecule has 0 spiro atoms. The van der Waals surface area contributed by atoms with E-state index in [9.17, 15) is 9.59 Å². The van der Waals surface area contributed by atoms with Gasteiger partial charge in [-0.1, -0.05) is 0 Å². The molecule has 19 heavy (non-hydrogen) atoms. The average molecular weight is 262 g/mol. The Hall–Kier alpha value is -2.37. The smallest absolute Gasteiger partial charge is 0.275 e. The molecule has 1 aromatic heterocycles. The van der Waals surface area contributed by atoms with Crippen LogP contribution in [0.15, 0.2) is 16.9 Å². The lowest BCUT2D eigenvalue weighted by Crippen LogP contribution is -2.24. The minimum Gasteiger partial charge on any atom is -0.493 e. The SMILES string of the molecule is COc1cc2c(C)nn(CC=O)c(=O)c2cc1OC. The highest BCUT2D eigenvalue weighted by atomic mass is 16.5. The fourth-order valence-corrected chi connectivity index (χ4v) is 1.97. The van der Waals surface area contributed by atoms with Gasteiger partial charge in [0.15, 0.2) is 11.5 Å². The van der Waals surface area contributed by atoms with Crippen molar-refractivity contribution in [2.24, 2.45) is 0 Å². The van der Waals surface area contributed by atoms with Crippen LogP contribution in [-0.4, -0.2) is 30.3 Å². The van der Waals surface area contributed by atoms with E-state index in [1.54, 1.807) is 19.1 Å². The topological polar surface area (TPSA) is 70.4 Å². The lowest BCUT2D eigenvalue weighted by Gasteiger charge is -2.11. The summed E-state index contributed by atoms with van der Waals surface area (Å²) in [5.74, 6) is 1.00. The van der Waals surface area contributed by atoms with Crippen molar-refractivity contribution in [2.75, 3.05) is 14.2 Å². The van der Waals surface area contributed by atoms with Crippen molar-refractivity contribution >= 4 is 17.1 Å². The van der Waals surface area contributed by atoms with Crippen LogP contribution in [0.1, 0.15) is 5.69 Å². The van der Waals surface area contributed by atoms with Crippen LogP contribution in [0.4, 0.5) is 0 Å². The highest BCUT2D eigenvalue weighted by molar-refractivity contribution is 5.87. The van der Waals surface area contributed by atoms with Crippen LogP contribution < -0.4 is 15.0 Å². The molecule has 1 heterocycles. The van der Waals surface area contributed by atoms with Gasteiger partial charge >= 0.3 is 0 Å². The monoisotopic (exact) mass is 262 g/mol. The molecule has 100 valence electrons. The van der Waals surface area contributed by atoms with Gasteiger partial charge in [-0.2, -0.15) is 5.10 Å². The van der Waals surface area contributed by atoms with E-state index < -0.39 is 0 Å². The number of nitrogens with zero attached hydrogens (tertiary/aromatic N) is 2. The standard InChI is InChI=1S/C13H14N2O4/c1-8-9-6-11(18-2)12(19-3)7-10(9)13(17)15(14-8)4-5-16/h5-7H,4H2,1-3H3. The quantitative estimate of drug-likeness (QED) is 0.766. The Kier molecular flexibility index (Phi) is 3.50. The van der Waals surface area contributed by atoms with E-state index in [0.29, 0.717) is 34.3 Å². The van der Waals surface area contributed by atoms with E-state index in [1.807, 2.05) is 0 Å². The zero-order valence-corrected chi connectivity index (χ0v) is 11.0. The molecule has 1 aromatic carbocycles. The van der Waals surface area contributed by atoms with Crippen LogP contribution in [0.5, 0.6) is 11.5 Å². The summed E-state index contributed by atoms with van der Waals surface area (Å²) >= 11 is 0. The van der Waals surface area contributed by atoms with Gasteiger partial charge in [0.1, 0.15) is 12.8 Å². The second-order valence-electron chi connectivity index (χ2n) is 3.99. The summed E-state index contributed by atoms with van der Waals surface area (Å²) in [6.07, 6.45) is 0.639. The third-order valence-corrected chi connectivity index (χ3v) is 2.90. The van der Waals surface area contributed by atoms with Gasteiger partial charge in [-0.15, -0.1) is 0 Å². The van der Waals surface area contributed by atoms with Crippen molar-refractivity contribution in [3.63, 3.8) is 0 Å². The third kappa shape index (κ3) is 2.16. The molecule has 0 aliphatic heterocycles. The number of methoxy groups -OCH3 is 2. The molecule has 0 aliphatic rings. The maximum Gasteiger partial charge on any atom is 0.275 e. The zero-order chi connectivity index (χ0) is 14.0. The van der Waals surface area contributed by atoms with E-state index in [1.165, 1.54) is 14.2 Å². The van der Waals surface area contributed by atoms with Crippen LogP contribution in [0, 0.1) is 6.92 Å². The predicted molar refractivity (Wildman–Crippen MR) is 69.9 cm³/mol. The molecule has 6 nitrogen and oxygen atoms in total. The van der Waals surface area contributed by atoms with Gasteiger partial charge < -0.3 is 14.3 Å². The van der Waals surface area contributed by atoms with Crippen LogP contribution in [0.25, 0.3) is 10.8 Å². The van der Waals surface area contributed by atoms with E-state index in [-0.39, 0.29) is 12.1 Å². The van der Waals surface area contributed by atoms with Gasteiger partial charge in [0, 0.05) is 5.39 Å². The minimum absolute atomic E-state index is 0.0655. The van der Waals surface area contributed by atoms with Crippen molar-refractivity contribution in [2.45, 2.75) is 13.5 Å². The third-order valence-electron chi connectivity index (χ3n) is 2.90. The highest BCUT2D eigenvalue weighted by Crippen LogP contribution is 2.31. The minimum atomic E-state index is -0.325. The molecule has 0 unspecified atom stereocenters. The Labute approximate surface area is 109 Å². The number of benzene rings is 1. The number of rotatable bonds is 4. The van der Waals surface area contributed by atoms with E-state index >= 15 is 0 Å². The number of aryl methyl sites for hydroxylation is 1. The van der Waals surface area contributed by atoms with E-state index in [0.717, 1.165) is 4.68 Å². The Morgan fingerprint density at radius 3 is 2.32 bits per heavy atom. The first kappa shape index (κ1) is 13.1. The maximum atomic E-state index is 12.2. The summed E-state index contributed by atoms with van der Waals surface area (Å²) < 4.78 is 11.5. The van der Waals surface area contributed by atoms with Crippen molar-refractivity contribution in [1.29, 1.82) is 0 Å². The molecule has 0 radical (unpaired) electrons. The summed E-state index contributed by atoms with van der Waals surface area (Å²) in [5.41, 5.74) is 0.325. The van der Waals surface area contributed by atoms with Crippen LogP contribution in [0.3, 0.4) is 0 Å². The molecule has 2 aromatic rings. The first-order valence-electron chi connectivity index (χ1n) is 5.69. The molecule has 0 fully saturated rings. The molecule has 2 rings (SSSR count). The first-order valence-corrected chi connectivity index (χ1v) is 5.69. The molecular formula is C13H14N2O4. The fourth-order valence-electron chi connectivity index (χ4n) is 1.97. The summed E-state index contributed by atoms with van der Waals surface area (Å²) in [7, 11) is 3.03. The van der Waals surface area contributed by atoms with E-state index in [2.05, 4.69) is 5.10 Å². The second kappa shape index (κ2) is 5.09. The number of aromatic nitrogens is 2. The van der Waals surface area contributed by atoms with Crippen molar-refractivity contribution in [3.05, 3.63) is 28.2 Å². The molecule has 0 N–H and O–H groups in total. The lowest BCUT2D eigenvalue weighted by molar-refractivity contribution is -0.108. The second-order valence-corrected chi connectivity index (χ2v) is 3.99. The van der Waals surface area contributed by atoms with Crippen LogP contribution in [-0.2, 0) is 11.3 Å². The predicted octanol–water partition coefficient (Wildman–Crippen LogP) is 0.921. The Morgan fingerprint density at radius 2 is 1.79 bits per heavy atom. The maximum absolute atomic E-state index is 12.2. The molecule has 0 bridgehead atoms. The lowest BCUT2D eigenvalue weighted by atomic mass is 10.1. The van der Waals surface area contributed by atoms with Gasteiger partial charge in [-0.25, -0.2) is 4.68 Å². The van der Waals surface area contributed by atoms with Crippen molar-refractivity contribution in [1.82, 2.24) is 9.78 Å². The summed E-state index contributed by atoms with van der Waals surface area (Å²) in [6.45, 7) is 1.71. The zero-order valence-electron chi connectivity index (χ0n) is 11.0. The Morgan fingerprint density at radius 1 is 1.21 bits per heavy atom. The van der Waals surface area contributed by atoms with Crippen molar-refractivity contribution in [3.8, 4) is 11.5 Å². The average Bonchev–Trinajstić information content (AvgIpc) is 2.43. The van der Waals surface area contributed by atoms with Gasteiger partial charge in [-0.05, 0) is 19.1 Å². The molecule has 0 atom stereocenters. The number of carbonyl (C=O) groups is 1. The summed E-state index contributed by atoms with van der Waals surface area (Å²) in [6, 6.07) is 3.32. The normalized spacial score (nSPS) is 10.5. The van der Waals surface area contributed by atoms with E-state index in [4.69, 9.17) is 9.47 Å². The van der Waals surface area contributed by atoms with Gasteiger partial charge in [0.2, 0.25) is 0 Å². The number of ether oxygens (including phenoxy) is 2. The summed E-state index contributed by atoms with van der Waals surface area (Å²) in [5, 5.41) is 5.23. The van der Waals surface area contributed by atoms with Crippen molar-refractivity contribution < 1.29 is 14.3 Å². The fraction of sp³-hybridized carbons (Fsp3) is 0.308.